The van der Waals surface area contributed by atoms with Gasteiger partial charge in [-0.3, -0.25) is 4.79 Å². The van der Waals surface area contributed by atoms with Gasteiger partial charge in [-0.15, -0.1) is 0 Å². The van der Waals surface area contributed by atoms with E-state index in [-0.39, 0.29) is 18.6 Å². The molecule has 1 amide bonds. The Labute approximate surface area is 163 Å². The molecule has 1 atom stereocenters. The third kappa shape index (κ3) is 4.69. The lowest BCUT2D eigenvalue weighted by atomic mass is 10.1. The normalized spacial score (nSPS) is 12.3. The largest absolute Gasteiger partial charge is 0.394 e. The van der Waals surface area contributed by atoms with Crippen molar-refractivity contribution >= 4 is 28.4 Å². The Morgan fingerprint density at radius 1 is 1.26 bits per heavy atom. The second-order valence-corrected chi connectivity index (χ2v) is 6.87. The molecule has 0 radical (unpaired) electrons. The van der Waals surface area contributed by atoms with E-state index >= 15 is 0 Å². The van der Waals surface area contributed by atoms with E-state index in [2.05, 4.69) is 5.32 Å². The van der Waals surface area contributed by atoms with E-state index in [1.165, 1.54) is 0 Å². The smallest absolute Gasteiger partial charge is 0.253 e. The Bertz CT molecular complexity index is 908. The van der Waals surface area contributed by atoms with Crippen molar-refractivity contribution in [3.05, 3.63) is 70.9 Å². The number of hydrogen-bond acceptors (Lipinski definition) is 3. The highest BCUT2D eigenvalue weighted by Gasteiger charge is 2.19. The van der Waals surface area contributed by atoms with Gasteiger partial charge in [-0.05, 0) is 30.2 Å². The molecule has 5 nitrogen and oxygen atoms in total. The zero-order valence-electron chi connectivity index (χ0n) is 15.2. The summed E-state index contributed by atoms with van der Waals surface area (Å²) < 4.78 is 7.14. The molecule has 0 fully saturated rings. The number of carbonyl (C=O) groups is 1. The standard InChI is InChI=1S/C21H23ClN2O3/c1-27-10-9-24-13-19(18-12-16(22)7-8-20(18)24)21(26)23-17(14-25)11-15-5-3-2-4-6-15/h2-8,12-13,17,25H,9-11,14H2,1H3,(H,23,26). The van der Waals surface area contributed by atoms with E-state index in [1.807, 2.05) is 47.2 Å². The topological polar surface area (TPSA) is 63.5 Å². The summed E-state index contributed by atoms with van der Waals surface area (Å²) in [4.78, 5) is 12.9. The van der Waals surface area contributed by atoms with Gasteiger partial charge in [0.1, 0.15) is 0 Å². The Kier molecular flexibility index (Phi) is 6.50. The molecule has 0 spiro atoms. The van der Waals surface area contributed by atoms with Crippen LogP contribution in [0.15, 0.2) is 54.7 Å². The van der Waals surface area contributed by atoms with Crippen LogP contribution in [0.25, 0.3) is 10.9 Å². The average Bonchev–Trinajstić information content (AvgIpc) is 3.04. The molecule has 6 heteroatoms. The molecule has 0 saturated carbocycles. The van der Waals surface area contributed by atoms with E-state index in [1.54, 1.807) is 19.2 Å². The highest BCUT2D eigenvalue weighted by molar-refractivity contribution is 6.31. The van der Waals surface area contributed by atoms with Crippen LogP contribution < -0.4 is 5.32 Å². The molecule has 1 unspecified atom stereocenters. The molecule has 27 heavy (non-hydrogen) atoms. The molecule has 142 valence electrons. The van der Waals surface area contributed by atoms with Gasteiger partial charge in [0.05, 0.1) is 24.8 Å². The SMILES string of the molecule is COCCn1cc(C(=O)NC(CO)Cc2ccccc2)c2cc(Cl)ccc21. The van der Waals surface area contributed by atoms with Crippen LogP contribution in [0.3, 0.4) is 0 Å². The van der Waals surface area contributed by atoms with E-state index in [4.69, 9.17) is 16.3 Å². The lowest BCUT2D eigenvalue weighted by molar-refractivity contribution is 0.0918. The van der Waals surface area contributed by atoms with Crippen LogP contribution in [0.4, 0.5) is 0 Å². The maximum Gasteiger partial charge on any atom is 0.253 e. The maximum atomic E-state index is 12.9. The predicted molar refractivity (Wildman–Crippen MR) is 107 cm³/mol. The number of amides is 1. The number of nitrogens with zero attached hydrogens (tertiary/aromatic N) is 1. The summed E-state index contributed by atoms with van der Waals surface area (Å²) in [5.41, 5.74) is 2.52. The fourth-order valence-corrected chi connectivity index (χ4v) is 3.32. The minimum Gasteiger partial charge on any atom is -0.394 e. The average molecular weight is 387 g/mol. The molecule has 3 aromatic rings. The van der Waals surface area contributed by atoms with Crippen LogP contribution >= 0.6 is 11.6 Å². The summed E-state index contributed by atoms with van der Waals surface area (Å²) in [6.07, 6.45) is 2.37. The molecule has 0 aliphatic rings. The number of methoxy groups -OCH3 is 1. The van der Waals surface area contributed by atoms with Crippen molar-refractivity contribution in [2.75, 3.05) is 20.3 Å². The summed E-state index contributed by atoms with van der Waals surface area (Å²) in [6, 6.07) is 14.9. The van der Waals surface area contributed by atoms with Crippen molar-refractivity contribution in [2.45, 2.75) is 19.0 Å². The summed E-state index contributed by atoms with van der Waals surface area (Å²) in [5, 5.41) is 14.0. The second-order valence-electron chi connectivity index (χ2n) is 6.43. The van der Waals surface area contributed by atoms with Crippen LogP contribution in [0.2, 0.25) is 5.02 Å². The highest BCUT2D eigenvalue weighted by Crippen LogP contribution is 2.25. The van der Waals surface area contributed by atoms with Crippen molar-refractivity contribution in [1.29, 1.82) is 0 Å². The lowest BCUT2D eigenvalue weighted by Gasteiger charge is -2.16. The molecule has 3 rings (SSSR count). The fraction of sp³-hybridized carbons (Fsp3) is 0.286. The van der Waals surface area contributed by atoms with Crippen molar-refractivity contribution in [2.24, 2.45) is 0 Å². The van der Waals surface area contributed by atoms with Crippen molar-refractivity contribution in [3.8, 4) is 0 Å². The van der Waals surface area contributed by atoms with E-state index < -0.39 is 0 Å². The van der Waals surface area contributed by atoms with Crippen molar-refractivity contribution in [3.63, 3.8) is 0 Å². The number of aliphatic hydroxyl groups is 1. The Morgan fingerprint density at radius 2 is 2.04 bits per heavy atom. The number of nitrogens with one attached hydrogen (secondary N) is 1. The number of fused-ring (bicyclic) bond motifs is 1. The van der Waals surface area contributed by atoms with E-state index in [0.717, 1.165) is 16.5 Å². The minimum atomic E-state index is -0.364. The van der Waals surface area contributed by atoms with Gasteiger partial charge in [0.25, 0.3) is 5.91 Å². The molecule has 0 saturated heterocycles. The quantitative estimate of drug-likeness (QED) is 0.624. The molecule has 2 aromatic carbocycles. The number of halogens is 1. The van der Waals surface area contributed by atoms with Gasteiger partial charge >= 0.3 is 0 Å². The minimum absolute atomic E-state index is 0.135. The summed E-state index contributed by atoms with van der Waals surface area (Å²) in [6.45, 7) is 1.04. The molecule has 2 N–H and O–H groups in total. The molecular weight excluding hydrogens is 364 g/mol. The summed E-state index contributed by atoms with van der Waals surface area (Å²) in [5.74, 6) is -0.228. The first-order valence-corrected chi connectivity index (χ1v) is 9.23. The maximum absolute atomic E-state index is 12.9. The molecule has 0 aliphatic heterocycles. The van der Waals surface area contributed by atoms with Crippen molar-refractivity contribution < 1.29 is 14.6 Å². The van der Waals surface area contributed by atoms with Gasteiger partial charge in [0, 0.05) is 35.8 Å². The van der Waals surface area contributed by atoms with Gasteiger partial charge in [-0.25, -0.2) is 0 Å². The molecule has 1 aromatic heterocycles. The number of hydrogen-bond donors (Lipinski definition) is 2. The Hall–Kier alpha value is -2.34. The van der Waals surface area contributed by atoms with Crippen LogP contribution in [-0.4, -0.2) is 41.9 Å². The third-order valence-electron chi connectivity index (χ3n) is 4.50. The van der Waals surface area contributed by atoms with Crippen LogP contribution in [0.1, 0.15) is 15.9 Å². The number of aromatic nitrogens is 1. The van der Waals surface area contributed by atoms with Gasteiger partial charge in [0.2, 0.25) is 0 Å². The monoisotopic (exact) mass is 386 g/mol. The summed E-state index contributed by atoms with van der Waals surface area (Å²) >= 11 is 6.14. The summed E-state index contributed by atoms with van der Waals surface area (Å²) in [7, 11) is 1.64. The number of ether oxygens (including phenoxy) is 1. The van der Waals surface area contributed by atoms with Gasteiger partial charge in [0.15, 0.2) is 0 Å². The first-order valence-electron chi connectivity index (χ1n) is 8.85. The van der Waals surface area contributed by atoms with Gasteiger partial charge in [-0.1, -0.05) is 41.9 Å². The van der Waals surface area contributed by atoms with Gasteiger partial charge < -0.3 is 19.7 Å². The Morgan fingerprint density at radius 3 is 2.74 bits per heavy atom. The number of benzene rings is 2. The Balaban J connectivity index is 1.84. The van der Waals surface area contributed by atoms with Crippen LogP contribution in [0, 0.1) is 0 Å². The first kappa shape index (κ1) is 19.4. The number of carbonyl (C=O) groups excluding carboxylic acids is 1. The highest BCUT2D eigenvalue weighted by atomic mass is 35.5. The van der Waals surface area contributed by atoms with E-state index in [9.17, 15) is 9.90 Å². The lowest BCUT2D eigenvalue weighted by Crippen LogP contribution is -2.39. The number of aliphatic hydroxyl groups excluding tert-OH is 1. The fourth-order valence-electron chi connectivity index (χ4n) is 3.15. The molecule has 1 heterocycles. The zero-order valence-corrected chi connectivity index (χ0v) is 15.9. The predicted octanol–water partition coefficient (Wildman–Crippen LogP) is 3.27. The van der Waals surface area contributed by atoms with Gasteiger partial charge in [-0.2, -0.15) is 0 Å². The number of rotatable bonds is 8. The molecule has 0 bridgehead atoms. The zero-order chi connectivity index (χ0) is 19.2. The third-order valence-corrected chi connectivity index (χ3v) is 4.74. The molecule has 0 aliphatic carbocycles. The van der Waals surface area contributed by atoms with Crippen LogP contribution in [0.5, 0.6) is 0 Å². The first-order chi connectivity index (χ1) is 13.1. The van der Waals surface area contributed by atoms with E-state index in [0.29, 0.717) is 30.2 Å². The van der Waals surface area contributed by atoms with Crippen LogP contribution in [-0.2, 0) is 17.7 Å². The second kappa shape index (κ2) is 9.04. The molecular formula is C21H23ClN2O3. The van der Waals surface area contributed by atoms with Crippen molar-refractivity contribution in [1.82, 2.24) is 9.88 Å².